The Kier molecular flexibility index (Phi) is 2.04. The van der Waals surface area contributed by atoms with Gasteiger partial charge in [0.25, 0.3) is 5.56 Å². The van der Waals surface area contributed by atoms with Crippen LogP contribution in [0.4, 0.5) is 4.39 Å². The van der Waals surface area contributed by atoms with Crippen LogP contribution < -0.4 is 5.56 Å². The molecule has 0 radical (unpaired) electrons. The number of nitrogens with one attached hydrogen (secondary N) is 1. The van der Waals surface area contributed by atoms with Crippen molar-refractivity contribution in [1.29, 1.82) is 0 Å². The van der Waals surface area contributed by atoms with E-state index in [2.05, 4.69) is 10.2 Å². The molecule has 2 heterocycles. The van der Waals surface area contributed by atoms with Crippen molar-refractivity contribution in [3.8, 4) is 5.82 Å². The lowest BCUT2D eigenvalue weighted by Crippen LogP contribution is -2.08. The van der Waals surface area contributed by atoms with Crippen molar-refractivity contribution in [2.45, 2.75) is 0 Å². The largest absolute Gasteiger partial charge is 0.300 e. The number of rotatable bonds is 1. The molecule has 0 fully saturated rings. The first-order valence-corrected chi connectivity index (χ1v) is 5.07. The van der Waals surface area contributed by atoms with Gasteiger partial charge in [-0.15, -0.1) is 0 Å². The molecule has 0 unspecified atom stereocenters. The molecule has 0 aliphatic heterocycles. The first kappa shape index (κ1) is 9.77. The van der Waals surface area contributed by atoms with Gasteiger partial charge < -0.3 is 0 Å². The summed E-state index contributed by atoms with van der Waals surface area (Å²) < 4.78 is 14.8. The third-order valence-electron chi connectivity index (χ3n) is 2.56. The lowest BCUT2D eigenvalue weighted by atomic mass is 10.2. The Morgan fingerprint density at radius 2 is 2.06 bits per heavy atom. The lowest BCUT2D eigenvalue weighted by Gasteiger charge is -2.02. The maximum Gasteiger partial charge on any atom is 0.264 e. The average Bonchev–Trinajstić information content (AvgIpc) is 2.73. The summed E-state index contributed by atoms with van der Waals surface area (Å²) in [5, 5.41) is 7.08. The second-order valence-corrected chi connectivity index (χ2v) is 3.67. The molecule has 0 bridgehead atoms. The minimum absolute atomic E-state index is 0.253. The average molecular weight is 229 g/mol. The van der Waals surface area contributed by atoms with E-state index >= 15 is 0 Å². The topological polar surface area (TPSA) is 50.7 Å². The number of aromatic amines is 1. The van der Waals surface area contributed by atoms with E-state index in [9.17, 15) is 9.18 Å². The van der Waals surface area contributed by atoms with Crippen molar-refractivity contribution >= 4 is 10.9 Å². The molecule has 1 N–H and O–H groups in total. The second-order valence-electron chi connectivity index (χ2n) is 3.67. The van der Waals surface area contributed by atoms with Crippen molar-refractivity contribution in [2.24, 2.45) is 0 Å². The van der Waals surface area contributed by atoms with Gasteiger partial charge in [-0.25, -0.2) is 9.49 Å². The van der Waals surface area contributed by atoms with Crippen LogP contribution in [0.5, 0.6) is 0 Å². The molecule has 5 heteroatoms. The summed E-state index contributed by atoms with van der Waals surface area (Å²) in [6, 6.07) is 9.34. The third kappa shape index (κ3) is 1.61. The summed E-state index contributed by atoms with van der Waals surface area (Å²) in [6.45, 7) is 0. The van der Waals surface area contributed by atoms with Crippen molar-refractivity contribution in [3.63, 3.8) is 0 Å². The molecule has 0 aliphatic rings. The number of halogens is 1. The normalized spacial score (nSPS) is 10.9. The Bertz CT molecular complexity index is 724. The molecule has 3 rings (SSSR count). The van der Waals surface area contributed by atoms with Crippen LogP contribution in [0.15, 0.2) is 47.4 Å². The van der Waals surface area contributed by atoms with E-state index in [4.69, 9.17) is 0 Å². The van der Waals surface area contributed by atoms with Crippen LogP contribution >= 0.6 is 0 Å². The van der Waals surface area contributed by atoms with Crippen molar-refractivity contribution in [3.05, 3.63) is 58.8 Å². The molecule has 0 saturated carbocycles. The molecule has 0 aliphatic carbocycles. The fourth-order valence-corrected chi connectivity index (χ4v) is 1.78. The molecule has 0 amide bonds. The number of hydrogen-bond acceptors (Lipinski definition) is 2. The van der Waals surface area contributed by atoms with Gasteiger partial charge in [0.15, 0.2) is 5.82 Å². The summed E-state index contributed by atoms with van der Waals surface area (Å²) in [5.41, 5.74) is 0.585. The third-order valence-corrected chi connectivity index (χ3v) is 2.56. The zero-order chi connectivity index (χ0) is 11.8. The molecule has 3 aromatic rings. The summed E-state index contributed by atoms with van der Waals surface area (Å²) in [6.07, 6.45) is 1.78. The Morgan fingerprint density at radius 1 is 1.18 bits per heavy atom. The number of benzene rings is 1. The van der Waals surface area contributed by atoms with Crippen LogP contribution in [-0.4, -0.2) is 14.8 Å². The Hall–Kier alpha value is -2.43. The van der Waals surface area contributed by atoms with E-state index in [0.29, 0.717) is 5.82 Å². The molecular formula is C12H8FN3O. The van der Waals surface area contributed by atoms with Gasteiger partial charge in [0.2, 0.25) is 0 Å². The minimum Gasteiger partial charge on any atom is -0.300 e. The maximum absolute atomic E-state index is 13.0. The van der Waals surface area contributed by atoms with E-state index < -0.39 is 0 Å². The van der Waals surface area contributed by atoms with Crippen LogP contribution in [-0.2, 0) is 0 Å². The number of H-pyrrole nitrogens is 1. The Labute approximate surface area is 95.3 Å². The standard InChI is InChI=1S/C12H8FN3O/c13-9-1-2-10-8(7-9)5-6-16(10)11-3-4-12(17)15-14-11/h1-7H,(H,15,17). The molecule has 4 nitrogen and oxygen atoms in total. The van der Waals surface area contributed by atoms with Gasteiger partial charge in [-0.3, -0.25) is 9.36 Å². The highest BCUT2D eigenvalue weighted by Crippen LogP contribution is 2.19. The van der Waals surface area contributed by atoms with Gasteiger partial charge >= 0.3 is 0 Å². The molecule has 1 aromatic carbocycles. The quantitative estimate of drug-likeness (QED) is 0.692. The molecule has 0 saturated heterocycles. The van der Waals surface area contributed by atoms with Gasteiger partial charge in [0, 0.05) is 17.6 Å². The summed E-state index contributed by atoms with van der Waals surface area (Å²) in [4.78, 5) is 10.9. The molecule has 17 heavy (non-hydrogen) atoms. The Morgan fingerprint density at radius 3 is 2.82 bits per heavy atom. The van der Waals surface area contributed by atoms with E-state index in [1.807, 2.05) is 0 Å². The van der Waals surface area contributed by atoms with Crippen LogP contribution in [0.2, 0.25) is 0 Å². The van der Waals surface area contributed by atoms with Gasteiger partial charge in [-0.05, 0) is 30.3 Å². The van der Waals surface area contributed by atoms with Crippen molar-refractivity contribution < 1.29 is 4.39 Å². The fraction of sp³-hybridized carbons (Fsp3) is 0. The molecule has 0 atom stereocenters. The SMILES string of the molecule is O=c1ccc(-n2ccc3cc(F)ccc32)n[nH]1. The van der Waals surface area contributed by atoms with Crippen LogP contribution in [0.3, 0.4) is 0 Å². The lowest BCUT2D eigenvalue weighted by molar-refractivity contribution is 0.629. The van der Waals surface area contributed by atoms with Gasteiger partial charge in [-0.2, -0.15) is 5.10 Å². The highest BCUT2D eigenvalue weighted by atomic mass is 19.1. The molecule has 2 aromatic heterocycles. The summed E-state index contributed by atoms with van der Waals surface area (Å²) in [5.74, 6) is 0.316. The number of hydrogen-bond donors (Lipinski definition) is 1. The molecular weight excluding hydrogens is 221 g/mol. The van der Waals surface area contributed by atoms with E-state index in [1.54, 1.807) is 29.0 Å². The number of aromatic nitrogens is 3. The predicted molar refractivity (Wildman–Crippen MR) is 61.6 cm³/mol. The van der Waals surface area contributed by atoms with Gasteiger partial charge in [-0.1, -0.05) is 0 Å². The van der Waals surface area contributed by atoms with Gasteiger partial charge in [0.05, 0.1) is 5.52 Å². The summed E-state index contributed by atoms with van der Waals surface area (Å²) in [7, 11) is 0. The fourth-order valence-electron chi connectivity index (χ4n) is 1.78. The van der Waals surface area contributed by atoms with Crippen LogP contribution in [0.25, 0.3) is 16.7 Å². The highest BCUT2D eigenvalue weighted by molar-refractivity contribution is 5.81. The van der Waals surface area contributed by atoms with E-state index in [1.165, 1.54) is 18.2 Å². The second kappa shape index (κ2) is 3.55. The van der Waals surface area contributed by atoms with E-state index in [0.717, 1.165) is 10.9 Å². The smallest absolute Gasteiger partial charge is 0.264 e. The van der Waals surface area contributed by atoms with Gasteiger partial charge in [0.1, 0.15) is 5.82 Å². The van der Waals surface area contributed by atoms with Crippen molar-refractivity contribution in [2.75, 3.05) is 0 Å². The highest BCUT2D eigenvalue weighted by Gasteiger charge is 2.04. The Balaban J connectivity index is 2.24. The van der Waals surface area contributed by atoms with Crippen molar-refractivity contribution in [1.82, 2.24) is 14.8 Å². The summed E-state index contributed by atoms with van der Waals surface area (Å²) >= 11 is 0. The zero-order valence-electron chi connectivity index (χ0n) is 8.72. The first-order valence-electron chi connectivity index (χ1n) is 5.07. The van der Waals surface area contributed by atoms with Crippen LogP contribution in [0.1, 0.15) is 0 Å². The number of nitrogens with zero attached hydrogens (tertiary/aromatic N) is 2. The van der Waals surface area contributed by atoms with E-state index in [-0.39, 0.29) is 11.4 Å². The molecule has 0 spiro atoms. The number of fused-ring (bicyclic) bond motifs is 1. The molecule has 84 valence electrons. The van der Waals surface area contributed by atoms with Crippen LogP contribution in [0, 0.1) is 5.82 Å². The predicted octanol–water partition coefficient (Wildman–Crippen LogP) is 1.85. The zero-order valence-corrected chi connectivity index (χ0v) is 8.72. The monoisotopic (exact) mass is 229 g/mol. The minimum atomic E-state index is -0.273. The maximum atomic E-state index is 13.0. The first-order chi connectivity index (χ1) is 8.24.